The van der Waals surface area contributed by atoms with E-state index in [4.69, 9.17) is 37.4 Å². The normalized spacial score (nSPS) is 21.2. The summed E-state index contributed by atoms with van der Waals surface area (Å²) in [5.74, 6) is 0.775. The second-order valence-electron chi connectivity index (χ2n) is 11.4. The van der Waals surface area contributed by atoms with Crippen LogP contribution >= 0.6 is 23.2 Å². The average Bonchev–Trinajstić information content (AvgIpc) is 3.00. The first-order chi connectivity index (χ1) is 20.3. The van der Waals surface area contributed by atoms with Crippen molar-refractivity contribution in [3.8, 4) is 5.75 Å². The number of nitrogens with zero attached hydrogens (tertiary/aromatic N) is 3. The summed E-state index contributed by atoms with van der Waals surface area (Å²) in [6, 6.07) is 17.8. The molecule has 3 aromatic rings. The molecule has 7 nitrogen and oxygen atoms in total. The topological polar surface area (TPSA) is 67.3 Å². The van der Waals surface area contributed by atoms with Crippen molar-refractivity contribution in [2.45, 2.75) is 64.1 Å². The van der Waals surface area contributed by atoms with Crippen molar-refractivity contribution in [2.75, 3.05) is 44.3 Å². The molecule has 1 unspecified atom stereocenters. The minimum atomic E-state index is -1.08. The number of aliphatic hydroxyl groups is 1. The van der Waals surface area contributed by atoms with Gasteiger partial charge in [-0.15, -0.1) is 0 Å². The summed E-state index contributed by atoms with van der Waals surface area (Å²) in [7, 11) is 0. The van der Waals surface area contributed by atoms with E-state index < -0.39 is 5.60 Å². The number of ether oxygens (including phenoxy) is 3. The van der Waals surface area contributed by atoms with Gasteiger partial charge in [-0.2, -0.15) is 0 Å². The number of pyridine rings is 1. The lowest BCUT2D eigenvalue weighted by Crippen LogP contribution is -2.52. The Morgan fingerprint density at radius 2 is 1.90 bits per heavy atom. The molecule has 3 heterocycles. The lowest BCUT2D eigenvalue weighted by Gasteiger charge is -2.45. The Balaban J connectivity index is 1.28. The summed E-state index contributed by atoms with van der Waals surface area (Å²) in [6.07, 6.45) is 5.68. The molecule has 3 atom stereocenters. The summed E-state index contributed by atoms with van der Waals surface area (Å²) in [6.45, 7) is 8.43. The molecule has 0 bridgehead atoms. The Labute approximate surface area is 259 Å². The van der Waals surface area contributed by atoms with Gasteiger partial charge in [0.25, 0.3) is 0 Å². The maximum atomic E-state index is 11.6. The zero-order valence-electron chi connectivity index (χ0n) is 24.5. The van der Waals surface area contributed by atoms with Crippen LogP contribution in [0, 0.1) is 0 Å². The molecule has 2 aliphatic heterocycles. The highest BCUT2D eigenvalue weighted by atomic mass is 35.5. The molecule has 1 aromatic heterocycles. The first-order valence-corrected chi connectivity index (χ1v) is 15.7. The molecule has 2 aliphatic rings. The van der Waals surface area contributed by atoms with E-state index >= 15 is 0 Å². The summed E-state index contributed by atoms with van der Waals surface area (Å²) in [5.41, 5.74) is 2.62. The van der Waals surface area contributed by atoms with E-state index in [2.05, 4.69) is 33.8 Å². The maximum absolute atomic E-state index is 11.6. The third kappa shape index (κ3) is 7.95. The van der Waals surface area contributed by atoms with Crippen molar-refractivity contribution in [3.63, 3.8) is 0 Å². The van der Waals surface area contributed by atoms with E-state index in [-0.39, 0.29) is 12.3 Å². The van der Waals surface area contributed by atoms with Crippen LogP contribution in [0.1, 0.15) is 62.4 Å². The van der Waals surface area contributed by atoms with E-state index in [9.17, 15) is 5.11 Å². The fourth-order valence-corrected chi connectivity index (χ4v) is 6.05. The van der Waals surface area contributed by atoms with Crippen LogP contribution < -0.4 is 9.64 Å². The molecular weight excluding hydrogens is 573 g/mol. The molecule has 0 amide bonds. The lowest BCUT2D eigenvalue weighted by atomic mass is 9.95. The number of aromatic nitrogens is 1. The lowest BCUT2D eigenvalue weighted by molar-refractivity contribution is -0.169. The zero-order chi connectivity index (χ0) is 29.5. The minimum absolute atomic E-state index is 0.0198. The van der Waals surface area contributed by atoms with E-state index in [0.29, 0.717) is 36.3 Å². The third-order valence-electron chi connectivity index (χ3n) is 7.95. The SMILES string of the molecule is CCCOc1ccc(N2CCN(C[C@@](C)(O)c3ccc(COC4CCCCO4)nc3)C[C@H]2c2ccc(Cl)cc2)c(Cl)c1. The predicted octanol–water partition coefficient (Wildman–Crippen LogP) is 6.99. The van der Waals surface area contributed by atoms with Crippen LogP contribution in [0.5, 0.6) is 5.75 Å². The summed E-state index contributed by atoms with van der Waals surface area (Å²) in [5, 5.41) is 12.9. The van der Waals surface area contributed by atoms with Crippen molar-refractivity contribution >= 4 is 28.9 Å². The molecule has 9 heteroatoms. The number of anilines is 1. The monoisotopic (exact) mass is 613 g/mol. The van der Waals surface area contributed by atoms with Gasteiger partial charge in [0.15, 0.2) is 6.29 Å². The van der Waals surface area contributed by atoms with Crippen LogP contribution in [0.25, 0.3) is 0 Å². The Hall–Kier alpha value is -2.39. The molecule has 0 saturated carbocycles. The predicted molar refractivity (Wildman–Crippen MR) is 167 cm³/mol. The molecule has 2 saturated heterocycles. The van der Waals surface area contributed by atoms with Gasteiger partial charge in [0.1, 0.15) is 11.4 Å². The van der Waals surface area contributed by atoms with Gasteiger partial charge in [-0.3, -0.25) is 9.88 Å². The number of piperazine rings is 1. The highest BCUT2D eigenvalue weighted by Gasteiger charge is 2.34. The fourth-order valence-electron chi connectivity index (χ4n) is 5.65. The van der Waals surface area contributed by atoms with Crippen molar-refractivity contribution in [1.29, 1.82) is 0 Å². The first-order valence-electron chi connectivity index (χ1n) is 14.9. The van der Waals surface area contributed by atoms with Gasteiger partial charge < -0.3 is 24.2 Å². The fraction of sp³-hybridized carbons (Fsp3) is 0.485. The van der Waals surface area contributed by atoms with Gasteiger partial charge in [-0.25, -0.2) is 0 Å². The molecular formula is C33H41Cl2N3O4. The van der Waals surface area contributed by atoms with Crippen LogP contribution in [-0.4, -0.2) is 60.7 Å². The summed E-state index contributed by atoms with van der Waals surface area (Å²) < 4.78 is 17.3. The quantitative estimate of drug-likeness (QED) is 0.250. The molecule has 5 rings (SSSR count). The standard InChI is InChI=1S/C33H41Cl2N3O4/c1-3-17-40-28-13-14-30(29(35)19-28)38-16-15-37(21-31(38)24-7-10-26(34)11-8-24)23-33(2,39)25-9-12-27(36-20-25)22-42-32-6-4-5-18-41-32/h7-14,19-20,31-32,39H,3-6,15-18,21-23H2,1-2H3/t31-,32?,33+/m0/s1. The summed E-state index contributed by atoms with van der Waals surface area (Å²) in [4.78, 5) is 9.22. The number of benzene rings is 2. The van der Waals surface area contributed by atoms with Crippen LogP contribution in [0.4, 0.5) is 5.69 Å². The van der Waals surface area contributed by atoms with E-state index in [1.54, 1.807) is 6.20 Å². The van der Waals surface area contributed by atoms with Crippen LogP contribution in [0.2, 0.25) is 10.0 Å². The van der Waals surface area contributed by atoms with Crippen LogP contribution in [-0.2, 0) is 21.7 Å². The molecule has 42 heavy (non-hydrogen) atoms. The molecule has 1 N–H and O–H groups in total. The number of hydrogen-bond donors (Lipinski definition) is 1. The molecule has 0 spiro atoms. The summed E-state index contributed by atoms with van der Waals surface area (Å²) >= 11 is 13.0. The van der Waals surface area contributed by atoms with Crippen molar-refractivity contribution in [1.82, 2.24) is 9.88 Å². The van der Waals surface area contributed by atoms with Gasteiger partial charge in [0, 0.05) is 55.6 Å². The Kier molecular flexibility index (Phi) is 10.6. The van der Waals surface area contributed by atoms with Crippen LogP contribution in [0.3, 0.4) is 0 Å². The molecule has 2 fully saturated rings. The van der Waals surface area contributed by atoms with E-state index in [1.165, 1.54) is 0 Å². The highest BCUT2D eigenvalue weighted by Crippen LogP contribution is 2.38. The number of halogens is 2. The van der Waals surface area contributed by atoms with Gasteiger partial charge in [0.2, 0.25) is 0 Å². The molecule has 0 radical (unpaired) electrons. The van der Waals surface area contributed by atoms with E-state index in [1.807, 2.05) is 49.4 Å². The van der Waals surface area contributed by atoms with Crippen molar-refractivity contribution < 1.29 is 19.3 Å². The third-order valence-corrected chi connectivity index (χ3v) is 8.51. The number of β-amino-alcohol motifs (C(OH)–C–C–N with tert-alkyl or cyclic N) is 1. The first kappa shape index (κ1) is 31.0. The maximum Gasteiger partial charge on any atom is 0.158 e. The van der Waals surface area contributed by atoms with Gasteiger partial charge in [-0.1, -0.05) is 48.3 Å². The van der Waals surface area contributed by atoms with E-state index in [0.717, 1.165) is 73.6 Å². The number of rotatable bonds is 11. The Morgan fingerprint density at radius 1 is 1.07 bits per heavy atom. The second-order valence-corrected chi connectivity index (χ2v) is 12.2. The Bertz CT molecular complexity index is 1280. The largest absolute Gasteiger partial charge is 0.494 e. The second kappa shape index (κ2) is 14.4. The molecule has 0 aliphatic carbocycles. The van der Waals surface area contributed by atoms with Gasteiger partial charge in [0.05, 0.1) is 35.7 Å². The zero-order valence-corrected chi connectivity index (χ0v) is 26.0. The molecule has 2 aromatic carbocycles. The van der Waals surface area contributed by atoms with Crippen molar-refractivity contribution in [3.05, 3.63) is 87.7 Å². The van der Waals surface area contributed by atoms with Gasteiger partial charge in [-0.05, 0) is 68.5 Å². The smallest absolute Gasteiger partial charge is 0.158 e. The van der Waals surface area contributed by atoms with Crippen LogP contribution in [0.15, 0.2) is 60.8 Å². The van der Waals surface area contributed by atoms with Crippen molar-refractivity contribution in [2.24, 2.45) is 0 Å². The highest BCUT2D eigenvalue weighted by molar-refractivity contribution is 6.33. The average molecular weight is 615 g/mol. The minimum Gasteiger partial charge on any atom is -0.494 e. The Morgan fingerprint density at radius 3 is 2.60 bits per heavy atom. The van der Waals surface area contributed by atoms with Gasteiger partial charge >= 0.3 is 0 Å². The number of hydrogen-bond acceptors (Lipinski definition) is 7. The molecule has 226 valence electrons.